The van der Waals surface area contributed by atoms with Crippen molar-refractivity contribution in [2.45, 2.75) is 42.8 Å². The van der Waals surface area contributed by atoms with E-state index < -0.39 is 39.2 Å². The summed E-state index contributed by atoms with van der Waals surface area (Å²) in [6.45, 7) is 0. The SMILES string of the molecule is O=C1OC2(CCC(OC(=O)C(F)(F)S(=O)(=O)[O-])CC2)Oc2ccc(I)c(I)c21. The molecule has 0 bridgehead atoms. The van der Waals surface area contributed by atoms with Gasteiger partial charge in [0.15, 0.2) is 10.1 Å². The fourth-order valence-electron chi connectivity index (χ4n) is 2.92. The molecule has 1 fully saturated rings. The molecule has 8 nitrogen and oxygen atoms in total. The Balaban J connectivity index is 1.70. The van der Waals surface area contributed by atoms with E-state index in [4.69, 9.17) is 9.47 Å². The lowest BCUT2D eigenvalue weighted by molar-refractivity contribution is -0.196. The second kappa shape index (κ2) is 7.46. The van der Waals surface area contributed by atoms with Crippen LogP contribution in [0.1, 0.15) is 36.0 Å². The molecule has 0 amide bonds. The number of esters is 2. The average Bonchev–Trinajstić information content (AvgIpc) is 2.59. The van der Waals surface area contributed by atoms with Crippen molar-refractivity contribution < 1.29 is 45.6 Å². The number of carbonyl (C=O) groups is 2. The van der Waals surface area contributed by atoms with Gasteiger partial charge in [0.25, 0.3) is 5.79 Å². The third-order valence-corrected chi connectivity index (χ3v) is 8.20. The molecule has 3 rings (SSSR count). The average molecular weight is 643 g/mol. The molecule has 0 aromatic heterocycles. The minimum Gasteiger partial charge on any atom is -0.743 e. The van der Waals surface area contributed by atoms with Gasteiger partial charge in [-0.3, -0.25) is 0 Å². The first-order chi connectivity index (χ1) is 12.9. The van der Waals surface area contributed by atoms with E-state index in [2.05, 4.69) is 27.3 Å². The quantitative estimate of drug-likeness (QED) is 0.281. The molecule has 1 saturated carbocycles. The summed E-state index contributed by atoms with van der Waals surface area (Å²) in [7, 11) is -6.18. The van der Waals surface area contributed by atoms with Crippen LogP contribution in [0, 0.1) is 7.14 Å². The van der Waals surface area contributed by atoms with Gasteiger partial charge in [-0.05, 0) is 70.2 Å². The first-order valence-corrected chi connectivity index (χ1v) is 11.4. The topological polar surface area (TPSA) is 119 Å². The third-order valence-electron chi connectivity index (χ3n) is 4.36. The van der Waals surface area contributed by atoms with Crippen LogP contribution in [0.25, 0.3) is 0 Å². The maximum absolute atomic E-state index is 13.2. The molecule has 0 unspecified atom stereocenters. The minimum atomic E-state index is -6.18. The molecule has 1 spiro atoms. The molecule has 0 N–H and O–H groups in total. The molecule has 0 saturated heterocycles. The van der Waals surface area contributed by atoms with Gasteiger partial charge < -0.3 is 18.8 Å². The van der Waals surface area contributed by atoms with Gasteiger partial charge in [0.2, 0.25) is 0 Å². The highest BCUT2D eigenvalue weighted by Gasteiger charge is 2.51. The molecular weight excluding hydrogens is 632 g/mol. The molecule has 2 aliphatic rings. The van der Waals surface area contributed by atoms with Crippen LogP contribution in [0.5, 0.6) is 5.75 Å². The standard InChI is InChI=1S/C15H12F2I2O8S/c16-15(17,28(22,23)24)13(21)25-7-3-5-14(6-4-7)26-9-2-1-8(18)11(19)10(9)12(20)27-14/h1-2,7H,3-6H2,(H,22,23,24)/p-1. The van der Waals surface area contributed by atoms with Crippen LogP contribution in [0.4, 0.5) is 8.78 Å². The van der Waals surface area contributed by atoms with Crippen LogP contribution < -0.4 is 4.74 Å². The van der Waals surface area contributed by atoms with Crippen LogP contribution in [0.15, 0.2) is 12.1 Å². The normalized spacial score (nSPS) is 24.9. The second-order valence-corrected chi connectivity index (χ2v) is 9.87. The number of benzene rings is 1. The van der Waals surface area contributed by atoms with Crippen molar-refractivity contribution in [3.63, 3.8) is 0 Å². The van der Waals surface area contributed by atoms with Crippen LogP contribution in [-0.4, -0.2) is 42.1 Å². The van der Waals surface area contributed by atoms with Gasteiger partial charge in [0.1, 0.15) is 17.4 Å². The van der Waals surface area contributed by atoms with Gasteiger partial charge in [-0.2, -0.15) is 8.78 Å². The lowest BCUT2D eigenvalue weighted by Crippen LogP contribution is -2.49. The zero-order chi connectivity index (χ0) is 20.9. The Kier molecular flexibility index (Phi) is 5.83. The Morgan fingerprint density at radius 1 is 1.25 bits per heavy atom. The summed E-state index contributed by atoms with van der Waals surface area (Å²) in [5.41, 5.74) is 0.298. The van der Waals surface area contributed by atoms with E-state index in [1.807, 2.05) is 22.6 Å². The zero-order valence-electron chi connectivity index (χ0n) is 13.7. The van der Waals surface area contributed by atoms with E-state index in [0.29, 0.717) is 14.9 Å². The van der Waals surface area contributed by atoms with E-state index in [1.165, 1.54) is 0 Å². The fourth-order valence-corrected chi connectivity index (χ4v) is 4.29. The summed E-state index contributed by atoms with van der Waals surface area (Å²) in [6, 6.07) is 3.40. The third kappa shape index (κ3) is 3.94. The van der Waals surface area contributed by atoms with Crippen LogP contribution in [0.3, 0.4) is 0 Å². The highest BCUT2D eigenvalue weighted by atomic mass is 127. The van der Waals surface area contributed by atoms with Gasteiger partial charge >= 0.3 is 17.2 Å². The lowest BCUT2D eigenvalue weighted by Gasteiger charge is -2.42. The first kappa shape index (κ1) is 21.9. The molecule has 28 heavy (non-hydrogen) atoms. The Bertz CT molecular complexity index is 942. The van der Waals surface area contributed by atoms with Gasteiger partial charge in [0.05, 0.1) is 0 Å². The van der Waals surface area contributed by atoms with Crippen molar-refractivity contribution in [2.75, 3.05) is 0 Å². The monoisotopic (exact) mass is 643 g/mol. The maximum atomic E-state index is 13.2. The number of ether oxygens (including phenoxy) is 3. The van der Waals surface area contributed by atoms with Crippen LogP contribution in [-0.2, 0) is 24.4 Å². The second-order valence-electron chi connectivity index (χ2n) is 6.21. The Labute approximate surface area is 185 Å². The Morgan fingerprint density at radius 3 is 2.43 bits per heavy atom. The largest absolute Gasteiger partial charge is 0.743 e. The van der Waals surface area contributed by atoms with E-state index in [1.54, 1.807) is 12.1 Å². The number of hydrogen-bond acceptors (Lipinski definition) is 8. The molecule has 1 aromatic rings. The molecule has 1 aliphatic carbocycles. The zero-order valence-corrected chi connectivity index (χ0v) is 18.9. The van der Waals surface area contributed by atoms with Gasteiger partial charge in [-0.25, -0.2) is 18.0 Å². The molecular formula is C15H11F2I2O8S-. The Morgan fingerprint density at radius 2 is 1.86 bits per heavy atom. The highest BCUT2D eigenvalue weighted by molar-refractivity contribution is 14.1. The van der Waals surface area contributed by atoms with Crippen molar-refractivity contribution in [3.05, 3.63) is 24.8 Å². The van der Waals surface area contributed by atoms with Crippen molar-refractivity contribution in [2.24, 2.45) is 0 Å². The number of hydrogen-bond donors (Lipinski definition) is 0. The maximum Gasteiger partial charge on any atom is 0.428 e. The summed E-state index contributed by atoms with van der Waals surface area (Å²) >= 11 is 4.07. The molecule has 154 valence electrons. The van der Waals surface area contributed by atoms with Crippen LogP contribution in [0.2, 0.25) is 0 Å². The van der Waals surface area contributed by atoms with Crippen molar-refractivity contribution in [1.82, 2.24) is 0 Å². The number of halogens is 4. The minimum absolute atomic E-state index is 0.0230. The molecule has 13 heteroatoms. The highest BCUT2D eigenvalue weighted by Crippen LogP contribution is 2.43. The van der Waals surface area contributed by atoms with Gasteiger partial charge in [-0.1, -0.05) is 0 Å². The summed E-state index contributed by atoms with van der Waals surface area (Å²) in [6.07, 6.45) is -1.04. The van der Waals surface area contributed by atoms with Crippen molar-refractivity contribution in [3.8, 4) is 5.75 Å². The summed E-state index contributed by atoms with van der Waals surface area (Å²) in [5, 5.41) is -5.16. The molecule has 0 radical (unpaired) electrons. The lowest BCUT2D eigenvalue weighted by atomic mass is 9.90. The number of alkyl halides is 2. The number of fused-ring (bicyclic) bond motifs is 1. The summed E-state index contributed by atoms with van der Waals surface area (Å²) in [4.78, 5) is 23.8. The van der Waals surface area contributed by atoms with E-state index in [-0.39, 0.29) is 25.7 Å². The van der Waals surface area contributed by atoms with E-state index in [9.17, 15) is 31.3 Å². The number of rotatable bonds is 3. The van der Waals surface area contributed by atoms with Crippen molar-refractivity contribution in [1.29, 1.82) is 0 Å². The van der Waals surface area contributed by atoms with E-state index >= 15 is 0 Å². The van der Waals surface area contributed by atoms with Crippen molar-refractivity contribution >= 4 is 67.2 Å². The van der Waals surface area contributed by atoms with Gasteiger partial charge in [-0.15, -0.1) is 0 Å². The molecule has 1 aliphatic heterocycles. The number of carbonyl (C=O) groups excluding carboxylic acids is 2. The predicted octanol–water partition coefficient (Wildman–Crippen LogP) is 2.77. The smallest absolute Gasteiger partial charge is 0.428 e. The predicted molar refractivity (Wildman–Crippen MR) is 104 cm³/mol. The summed E-state index contributed by atoms with van der Waals surface area (Å²) in [5.74, 6) is -3.99. The molecule has 0 atom stereocenters. The van der Waals surface area contributed by atoms with E-state index in [0.717, 1.165) is 3.57 Å². The van der Waals surface area contributed by atoms with Gasteiger partial charge in [0, 0.05) is 20.0 Å². The summed E-state index contributed by atoms with van der Waals surface area (Å²) < 4.78 is 75.3. The Hall–Kier alpha value is -0.810. The first-order valence-electron chi connectivity index (χ1n) is 7.81. The molecule has 1 heterocycles. The fraction of sp³-hybridized carbons (Fsp3) is 0.467. The van der Waals surface area contributed by atoms with Crippen LogP contribution >= 0.6 is 45.2 Å². The molecule has 1 aromatic carbocycles.